The van der Waals surface area contributed by atoms with Gasteiger partial charge in [0.05, 0.1) is 15.5 Å². The average Bonchev–Trinajstić information content (AvgIpc) is 3.37. The zero-order valence-corrected chi connectivity index (χ0v) is 19.0. The van der Waals surface area contributed by atoms with E-state index in [0.29, 0.717) is 0 Å². The van der Waals surface area contributed by atoms with Gasteiger partial charge in [0.25, 0.3) is 0 Å². The van der Waals surface area contributed by atoms with E-state index in [-0.39, 0.29) is 0 Å². The van der Waals surface area contributed by atoms with Gasteiger partial charge in [-0.1, -0.05) is 17.7 Å². The Morgan fingerprint density at radius 1 is 0.931 bits per heavy atom. The van der Waals surface area contributed by atoms with Gasteiger partial charge in [0.15, 0.2) is 5.65 Å². The third-order valence-electron chi connectivity index (χ3n) is 5.83. The van der Waals surface area contributed by atoms with Gasteiger partial charge >= 0.3 is 0 Å². The lowest BCUT2D eigenvalue weighted by atomic mass is 10.1. The summed E-state index contributed by atoms with van der Waals surface area (Å²) in [5.41, 5.74) is 6.86. The number of fused-ring (bicyclic) bond motifs is 3. The summed E-state index contributed by atoms with van der Waals surface area (Å²) in [6, 6.07) is 10.8. The van der Waals surface area contributed by atoms with Crippen LogP contribution in [0.1, 0.15) is 35.5 Å². The first-order chi connectivity index (χ1) is 14.0. The molecule has 0 N–H and O–H groups in total. The largest absolute Gasteiger partial charge is 0.339 e. The van der Waals surface area contributed by atoms with Crippen molar-refractivity contribution in [3.63, 3.8) is 0 Å². The second-order valence-electron chi connectivity index (χ2n) is 7.99. The summed E-state index contributed by atoms with van der Waals surface area (Å²) in [6.07, 6.45) is 2.60. The van der Waals surface area contributed by atoms with Crippen LogP contribution >= 0.6 is 27.5 Å². The molecule has 29 heavy (non-hydrogen) atoms. The van der Waals surface area contributed by atoms with Crippen LogP contribution in [0.25, 0.3) is 16.7 Å². The number of likely N-dealkylation sites (tertiary alicyclic amines) is 1. The number of benzene rings is 1. The Balaban J connectivity index is 1.56. The summed E-state index contributed by atoms with van der Waals surface area (Å²) in [6.45, 7) is 8.26. The smallest absolute Gasteiger partial charge is 0.175 e. The van der Waals surface area contributed by atoms with Crippen LogP contribution in [-0.2, 0) is 13.1 Å². The molecule has 0 spiro atoms. The highest BCUT2D eigenvalue weighted by Gasteiger charge is 2.16. The predicted octanol–water partition coefficient (Wildman–Crippen LogP) is 5.36. The second-order valence-corrected chi connectivity index (χ2v) is 9.28. The van der Waals surface area contributed by atoms with Gasteiger partial charge in [-0.2, -0.15) is 0 Å². The number of halogens is 2. The van der Waals surface area contributed by atoms with E-state index in [1.165, 1.54) is 42.8 Å². The SMILES string of the molecule is Cc1cc2c(cc(Br)c3nnc(C)n32)n1Cc1cc(Cl)cc(CN2CCCC2)c1. The van der Waals surface area contributed by atoms with Crippen molar-refractivity contribution in [1.82, 2.24) is 24.1 Å². The summed E-state index contributed by atoms with van der Waals surface area (Å²) in [4.78, 5) is 2.51. The molecule has 0 aliphatic carbocycles. The predicted molar refractivity (Wildman–Crippen MR) is 121 cm³/mol. The molecule has 150 valence electrons. The number of hydrogen-bond acceptors (Lipinski definition) is 3. The molecule has 0 bridgehead atoms. The van der Waals surface area contributed by atoms with E-state index in [2.05, 4.69) is 77.3 Å². The van der Waals surface area contributed by atoms with Gasteiger partial charge in [0.1, 0.15) is 5.82 Å². The van der Waals surface area contributed by atoms with E-state index >= 15 is 0 Å². The molecule has 1 aromatic carbocycles. The molecule has 1 aliphatic rings. The van der Waals surface area contributed by atoms with Crippen LogP contribution in [0.5, 0.6) is 0 Å². The molecular weight excluding hydrogens is 450 g/mol. The first-order valence-electron chi connectivity index (χ1n) is 10.0. The fraction of sp³-hybridized carbons (Fsp3) is 0.364. The molecule has 4 aromatic rings. The van der Waals surface area contributed by atoms with Crippen molar-refractivity contribution < 1.29 is 0 Å². The van der Waals surface area contributed by atoms with Gasteiger partial charge in [-0.3, -0.25) is 9.30 Å². The average molecular weight is 473 g/mol. The Kier molecular flexibility index (Phi) is 4.88. The van der Waals surface area contributed by atoms with Crippen molar-refractivity contribution >= 4 is 44.2 Å². The van der Waals surface area contributed by atoms with Crippen LogP contribution in [0.4, 0.5) is 0 Å². The maximum Gasteiger partial charge on any atom is 0.175 e. The maximum absolute atomic E-state index is 6.49. The lowest BCUT2D eigenvalue weighted by molar-refractivity contribution is 0.331. The van der Waals surface area contributed by atoms with Gasteiger partial charge in [-0.15, -0.1) is 10.2 Å². The summed E-state index contributed by atoms with van der Waals surface area (Å²) >= 11 is 10.2. The van der Waals surface area contributed by atoms with Crippen molar-refractivity contribution in [3.05, 3.63) is 62.5 Å². The highest BCUT2D eigenvalue weighted by molar-refractivity contribution is 9.10. The van der Waals surface area contributed by atoms with Gasteiger partial charge in [0, 0.05) is 23.8 Å². The maximum atomic E-state index is 6.49. The standard InChI is InChI=1S/C22H23BrClN5/c1-14-7-21-20(11-19(23)22-26-25-15(2)29(21)22)28(14)13-17-8-16(9-18(24)10-17)12-27-5-3-4-6-27/h7-11H,3-6,12-13H2,1-2H3. The topological polar surface area (TPSA) is 38.4 Å². The van der Waals surface area contributed by atoms with Crippen LogP contribution in [0, 0.1) is 13.8 Å². The Hall–Kier alpha value is -1.89. The zero-order valence-electron chi connectivity index (χ0n) is 16.6. The lowest BCUT2D eigenvalue weighted by Gasteiger charge is -2.16. The second kappa shape index (κ2) is 7.42. The molecule has 0 amide bonds. The van der Waals surface area contributed by atoms with Gasteiger partial charge in [-0.25, -0.2) is 0 Å². The monoisotopic (exact) mass is 471 g/mol. The minimum absolute atomic E-state index is 0.780. The Morgan fingerprint density at radius 3 is 2.41 bits per heavy atom. The molecule has 0 radical (unpaired) electrons. The van der Waals surface area contributed by atoms with E-state index in [1.54, 1.807) is 0 Å². The Morgan fingerprint density at radius 2 is 1.66 bits per heavy atom. The zero-order chi connectivity index (χ0) is 20.1. The quantitative estimate of drug-likeness (QED) is 0.401. The Labute approximate surface area is 183 Å². The first-order valence-corrected chi connectivity index (χ1v) is 11.2. The lowest BCUT2D eigenvalue weighted by Crippen LogP contribution is -2.18. The number of aryl methyl sites for hydroxylation is 2. The molecular formula is C22H23BrClN5. The molecule has 0 atom stereocenters. The minimum Gasteiger partial charge on any atom is -0.339 e. The molecule has 1 fully saturated rings. The van der Waals surface area contributed by atoms with Crippen LogP contribution in [0.2, 0.25) is 5.02 Å². The number of aromatic nitrogens is 4. The van der Waals surface area contributed by atoms with Crippen LogP contribution < -0.4 is 0 Å². The highest BCUT2D eigenvalue weighted by atomic mass is 79.9. The van der Waals surface area contributed by atoms with E-state index in [4.69, 9.17) is 11.6 Å². The number of rotatable bonds is 4. The third-order valence-corrected chi connectivity index (χ3v) is 6.63. The van der Waals surface area contributed by atoms with Crippen LogP contribution in [0.3, 0.4) is 0 Å². The number of hydrogen-bond donors (Lipinski definition) is 0. The minimum atomic E-state index is 0.780. The fourth-order valence-corrected chi connectivity index (χ4v) is 5.24. The van der Waals surface area contributed by atoms with Gasteiger partial charge < -0.3 is 4.57 Å². The summed E-state index contributed by atoms with van der Waals surface area (Å²) in [5, 5.41) is 9.36. The molecule has 3 aromatic heterocycles. The van der Waals surface area contributed by atoms with Crippen molar-refractivity contribution in [2.45, 2.75) is 39.8 Å². The molecule has 1 aliphatic heterocycles. The molecule has 5 rings (SSSR count). The molecule has 7 heteroatoms. The number of nitrogens with zero attached hydrogens (tertiary/aromatic N) is 5. The van der Waals surface area contributed by atoms with Gasteiger partial charge in [0.2, 0.25) is 0 Å². The molecule has 5 nitrogen and oxygen atoms in total. The normalized spacial score (nSPS) is 15.2. The molecule has 0 unspecified atom stereocenters. The number of pyridine rings is 1. The van der Waals surface area contributed by atoms with Gasteiger partial charge in [-0.05, 0) is 91.1 Å². The van der Waals surface area contributed by atoms with Crippen LogP contribution in [0.15, 0.2) is 34.8 Å². The van der Waals surface area contributed by atoms with Crippen molar-refractivity contribution in [3.8, 4) is 0 Å². The van der Waals surface area contributed by atoms with Crippen molar-refractivity contribution in [1.29, 1.82) is 0 Å². The summed E-state index contributed by atoms with van der Waals surface area (Å²) < 4.78 is 5.40. The van der Waals surface area contributed by atoms with Crippen molar-refractivity contribution in [2.75, 3.05) is 13.1 Å². The van der Waals surface area contributed by atoms with Crippen molar-refractivity contribution in [2.24, 2.45) is 0 Å². The van der Waals surface area contributed by atoms with E-state index in [0.717, 1.165) is 45.1 Å². The first kappa shape index (κ1) is 19.1. The summed E-state index contributed by atoms with van der Waals surface area (Å²) in [5.74, 6) is 0.888. The van der Waals surface area contributed by atoms with Crippen LogP contribution in [-0.4, -0.2) is 37.2 Å². The fourth-order valence-electron chi connectivity index (χ4n) is 4.49. The molecule has 4 heterocycles. The molecule has 0 saturated carbocycles. The Bertz CT molecular complexity index is 1220. The van der Waals surface area contributed by atoms with E-state index in [1.807, 2.05) is 6.92 Å². The van der Waals surface area contributed by atoms with E-state index in [9.17, 15) is 0 Å². The van der Waals surface area contributed by atoms with E-state index < -0.39 is 0 Å². The molecule has 1 saturated heterocycles. The third kappa shape index (κ3) is 3.47. The summed E-state index contributed by atoms with van der Waals surface area (Å²) in [7, 11) is 0. The highest BCUT2D eigenvalue weighted by Crippen LogP contribution is 2.29.